The summed E-state index contributed by atoms with van der Waals surface area (Å²) < 4.78 is 0. The van der Waals surface area contributed by atoms with E-state index in [0.717, 1.165) is 9.52 Å². The third-order valence-corrected chi connectivity index (χ3v) is 8.83. The van der Waals surface area contributed by atoms with Gasteiger partial charge in [0.05, 0.1) is 0 Å². The van der Waals surface area contributed by atoms with Gasteiger partial charge in [-0.15, -0.1) is 81.9 Å². The van der Waals surface area contributed by atoms with Crippen LogP contribution < -0.4 is 35.2 Å². The minimum atomic E-state index is 0. The van der Waals surface area contributed by atoms with E-state index >= 15 is 0 Å². The predicted molar refractivity (Wildman–Crippen MR) is 180 cm³/mol. The third-order valence-electron chi connectivity index (χ3n) is 7.59. The van der Waals surface area contributed by atoms with Crippen molar-refractivity contribution in [3.63, 3.8) is 0 Å². The number of hydrogen-bond donors (Lipinski definition) is 0. The third kappa shape index (κ3) is 8.06. The summed E-state index contributed by atoms with van der Waals surface area (Å²) in [4.78, 5) is 0. The van der Waals surface area contributed by atoms with E-state index in [9.17, 15) is 0 Å². The molecule has 0 saturated carbocycles. The molecule has 8 rings (SSSR count). The molecule has 214 valence electrons. The molecule has 0 N–H and O–H groups in total. The Labute approximate surface area is 295 Å². The zero-order chi connectivity index (χ0) is 28.0. The average molecular weight is 703 g/mol. The van der Waals surface area contributed by atoms with Crippen LogP contribution in [-0.2, 0) is 26.2 Å². The summed E-state index contributed by atoms with van der Waals surface area (Å²) in [7, 11) is 0.777. The minimum absolute atomic E-state index is 0. The van der Waals surface area contributed by atoms with Crippen molar-refractivity contribution >= 4 is 41.4 Å². The van der Waals surface area contributed by atoms with Gasteiger partial charge in [0.25, 0.3) is 0 Å². The smallest absolute Gasteiger partial charge is 1.00 e. The average Bonchev–Trinajstić information content (AvgIpc) is 3.60. The van der Waals surface area contributed by atoms with Crippen LogP contribution in [0.25, 0.3) is 43.8 Å². The Morgan fingerprint density at radius 1 is 0.432 bits per heavy atom. The zero-order valence-corrected chi connectivity index (χ0v) is 29.7. The van der Waals surface area contributed by atoms with Crippen LogP contribution in [0.4, 0.5) is 0 Å². The van der Waals surface area contributed by atoms with Crippen molar-refractivity contribution < 1.29 is 51.0 Å². The van der Waals surface area contributed by atoms with Gasteiger partial charge in [0.15, 0.2) is 0 Å². The molecule has 44 heavy (non-hydrogen) atoms. The van der Waals surface area contributed by atoms with Crippen molar-refractivity contribution in [1.82, 2.24) is 0 Å². The molecule has 4 aromatic rings. The number of hydrogen-bond acceptors (Lipinski definition) is 0. The molecule has 4 aliphatic rings. The molecule has 0 unspecified atom stereocenters. The van der Waals surface area contributed by atoms with Crippen molar-refractivity contribution in [1.29, 1.82) is 0 Å². The second-order valence-electron chi connectivity index (χ2n) is 10.4. The predicted octanol–water partition coefficient (Wildman–Crippen LogP) is 3.29. The van der Waals surface area contributed by atoms with E-state index < -0.39 is 0 Å². The summed E-state index contributed by atoms with van der Waals surface area (Å²) in [5.41, 5.74) is 8.24. The molecule has 0 bridgehead atoms. The molecule has 0 aliphatic heterocycles. The molecule has 0 fully saturated rings. The topological polar surface area (TPSA) is 0 Å². The van der Waals surface area contributed by atoms with Crippen molar-refractivity contribution in [3.05, 3.63) is 169 Å². The molecular formula is C40H32Cl2SiZr. The molecule has 0 nitrogen and oxygen atoms in total. The SMILES string of the molecule is C[c-]1cccc2c3ccccc3cc1-2.C[c-]1cccc2c3ccccc3cc1-2.[Cl-].[Cl-].[Zr+4].c1ccc([Si]c2ccccc2)cc1. The summed E-state index contributed by atoms with van der Waals surface area (Å²) in [6, 6.07) is 55.8. The zero-order valence-electron chi connectivity index (χ0n) is 24.8. The molecule has 0 spiro atoms. The molecule has 0 atom stereocenters. The molecule has 4 heteroatoms. The van der Waals surface area contributed by atoms with Crippen molar-refractivity contribution in [2.45, 2.75) is 13.8 Å². The van der Waals surface area contributed by atoms with Gasteiger partial charge in [-0.25, -0.2) is 0 Å². The summed E-state index contributed by atoms with van der Waals surface area (Å²) in [6.45, 7) is 4.34. The Hall–Kier alpha value is -3.26. The Morgan fingerprint density at radius 3 is 1.20 bits per heavy atom. The van der Waals surface area contributed by atoms with Gasteiger partial charge in [-0.05, 0) is 0 Å². The van der Waals surface area contributed by atoms with E-state index in [4.69, 9.17) is 0 Å². The monoisotopic (exact) mass is 700 g/mol. The van der Waals surface area contributed by atoms with Gasteiger partial charge in [-0.1, -0.05) is 155 Å². The van der Waals surface area contributed by atoms with Crippen LogP contribution in [0.15, 0.2) is 158 Å². The Morgan fingerprint density at radius 2 is 0.795 bits per heavy atom. The molecule has 0 amide bonds. The van der Waals surface area contributed by atoms with Crippen molar-refractivity contribution in [2.75, 3.05) is 0 Å². The van der Waals surface area contributed by atoms with E-state index in [1.807, 2.05) is 0 Å². The summed E-state index contributed by atoms with van der Waals surface area (Å²) in [5.74, 6) is 0. The summed E-state index contributed by atoms with van der Waals surface area (Å²) in [5, 5.41) is 8.22. The fraction of sp³-hybridized carbons (Fsp3) is 0.0500. The number of fused-ring (bicyclic) bond motifs is 6. The van der Waals surface area contributed by atoms with Gasteiger partial charge in [-0.2, -0.15) is 0 Å². The van der Waals surface area contributed by atoms with Gasteiger partial charge in [0, 0.05) is 0 Å². The maximum atomic E-state index is 2.28. The minimum Gasteiger partial charge on any atom is -1.00 e. The van der Waals surface area contributed by atoms with Gasteiger partial charge >= 0.3 is 26.2 Å². The second kappa shape index (κ2) is 16.7. The Balaban J connectivity index is 0.000000175. The number of rotatable bonds is 2. The van der Waals surface area contributed by atoms with E-state index in [1.54, 1.807) is 0 Å². The molecule has 0 heterocycles. The molecule has 4 aromatic carbocycles. The fourth-order valence-electron chi connectivity index (χ4n) is 5.47. The van der Waals surface area contributed by atoms with E-state index in [0.29, 0.717) is 0 Å². The Bertz CT molecular complexity index is 1800. The van der Waals surface area contributed by atoms with E-state index in [2.05, 4.69) is 172 Å². The first-order chi connectivity index (χ1) is 20.2. The fourth-order valence-corrected chi connectivity index (χ4v) is 6.52. The standard InChI is InChI=1S/2C14H11.C12H10Si.2ClH.Zr/c2*1-10-5-4-8-13-12-7-3-2-6-11(12)9-14(10)13;1-3-7-11(8-4-1)13-12-9-5-2-6-10-12;;;/h2*2-9H,1H3;1-10H;2*1H;/q2*-1;;;;+4/p-2. The van der Waals surface area contributed by atoms with Gasteiger partial charge in [0.1, 0.15) is 9.52 Å². The molecular weight excluding hydrogens is 671 g/mol. The molecule has 0 aromatic heterocycles. The molecule has 4 aliphatic carbocycles. The van der Waals surface area contributed by atoms with Crippen molar-refractivity contribution in [2.24, 2.45) is 0 Å². The molecule has 0 saturated heterocycles. The number of benzene rings is 6. The first kappa shape index (κ1) is 35.2. The second-order valence-corrected chi connectivity index (χ2v) is 11.8. The van der Waals surface area contributed by atoms with Gasteiger partial charge in [-0.3, -0.25) is 0 Å². The van der Waals surface area contributed by atoms with Crippen molar-refractivity contribution in [3.8, 4) is 22.3 Å². The quantitative estimate of drug-likeness (QED) is 0.192. The maximum absolute atomic E-state index is 2.28. The van der Waals surface area contributed by atoms with Crippen LogP contribution in [0.2, 0.25) is 0 Å². The van der Waals surface area contributed by atoms with Crippen LogP contribution in [0.3, 0.4) is 0 Å². The van der Waals surface area contributed by atoms with Gasteiger partial charge in [0.2, 0.25) is 0 Å². The molecule has 2 radical (unpaired) electrons. The van der Waals surface area contributed by atoms with E-state index in [1.165, 1.54) is 65.3 Å². The van der Waals surface area contributed by atoms with Crippen LogP contribution in [0.5, 0.6) is 0 Å². The van der Waals surface area contributed by atoms with Crippen LogP contribution >= 0.6 is 0 Å². The normalized spacial score (nSPS) is 10.0. The van der Waals surface area contributed by atoms with Gasteiger partial charge < -0.3 is 24.8 Å². The first-order valence-corrected chi connectivity index (χ1v) is 15.1. The number of aryl methyl sites for hydroxylation is 2. The Kier molecular flexibility index (Phi) is 13.4. The largest absolute Gasteiger partial charge is 4.00 e. The maximum Gasteiger partial charge on any atom is 4.00 e. The van der Waals surface area contributed by atoms with Crippen LogP contribution in [0, 0.1) is 13.8 Å². The van der Waals surface area contributed by atoms with E-state index in [-0.39, 0.29) is 51.0 Å². The number of halogens is 2. The summed E-state index contributed by atoms with van der Waals surface area (Å²) >= 11 is 0. The van der Waals surface area contributed by atoms with Crippen LogP contribution in [0.1, 0.15) is 11.1 Å². The first-order valence-electron chi connectivity index (χ1n) is 14.1. The van der Waals surface area contributed by atoms with Crippen LogP contribution in [-0.4, -0.2) is 9.52 Å². The summed E-state index contributed by atoms with van der Waals surface area (Å²) in [6.07, 6.45) is 0.